The van der Waals surface area contributed by atoms with Crippen LogP contribution in [0.25, 0.3) is 0 Å². The maximum Gasteiger partial charge on any atom is 0.136 e. The molecule has 4 nitrogen and oxygen atoms in total. The van der Waals surface area contributed by atoms with Crippen LogP contribution < -0.4 is 10.6 Å². The number of nitrogens with one attached hydrogen (secondary N) is 2. The van der Waals surface area contributed by atoms with Gasteiger partial charge in [-0.05, 0) is 32.0 Å². The molecular weight excluding hydrogens is 283 g/mol. The second-order valence-electron chi connectivity index (χ2n) is 3.97. The largest absolute Gasteiger partial charge is 0.370 e. The van der Waals surface area contributed by atoms with Crippen LogP contribution in [0.3, 0.4) is 0 Å². The molecule has 1 heterocycles. The van der Waals surface area contributed by atoms with Gasteiger partial charge in [0.2, 0.25) is 0 Å². The van der Waals surface area contributed by atoms with Crippen molar-refractivity contribution < 1.29 is 0 Å². The van der Waals surface area contributed by atoms with Gasteiger partial charge in [-0.25, -0.2) is 9.97 Å². The number of aryl methyl sites for hydroxylation is 1. The van der Waals surface area contributed by atoms with E-state index in [2.05, 4.69) is 20.6 Å². The molecule has 6 heteroatoms. The van der Waals surface area contributed by atoms with Crippen molar-refractivity contribution in [2.45, 2.75) is 13.8 Å². The molecule has 100 valence electrons. The van der Waals surface area contributed by atoms with Crippen LogP contribution in [0.2, 0.25) is 10.0 Å². The second-order valence-corrected chi connectivity index (χ2v) is 4.81. The molecule has 0 aliphatic heterocycles. The minimum Gasteiger partial charge on any atom is -0.370 e. The maximum absolute atomic E-state index is 6.11. The molecule has 1 aromatic carbocycles. The topological polar surface area (TPSA) is 49.8 Å². The van der Waals surface area contributed by atoms with Crippen LogP contribution in [0.1, 0.15) is 12.7 Å². The highest BCUT2D eigenvalue weighted by atomic mass is 35.5. The number of benzene rings is 1. The van der Waals surface area contributed by atoms with E-state index < -0.39 is 0 Å². The normalized spacial score (nSPS) is 10.3. The smallest absolute Gasteiger partial charge is 0.136 e. The average Bonchev–Trinajstić information content (AvgIpc) is 2.32. The molecule has 19 heavy (non-hydrogen) atoms. The van der Waals surface area contributed by atoms with Crippen LogP contribution in [0.4, 0.5) is 17.3 Å². The third-order valence-electron chi connectivity index (χ3n) is 2.39. The Morgan fingerprint density at radius 1 is 1.11 bits per heavy atom. The van der Waals surface area contributed by atoms with Crippen molar-refractivity contribution >= 4 is 40.5 Å². The molecule has 0 radical (unpaired) electrons. The Morgan fingerprint density at radius 3 is 2.53 bits per heavy atom. The number of rotatable bonds is 4. The summed E-state index contributed by atoms with van der Waals surface area (Å²) in [7, 11) is 0. The van der Waals surface area contributed by atoms with Gasteiger partial charge in [-0.1, -0.05) is 23.2 Å². The minimum absolute atomic E-state index is 0.550. The Bertz CT molecular complexity index is 587. The summed E-state index contributed by atoms with van der Waals surface area (Å²) in [6.45, 7) is 4.66. The molecule has 0 aliphatic carbocycles. The first kappa shape index (κ1) is 13.9. The van der Waals surface area contributed by atoms with Crippen LogP contribution in [-0.4, -0.2) is 16.5 Å². The highest BCUT2D eigenvalue weighted by molar-refractivity contribution is 6.36. The van der Waals surface area contributed by atoms with Crippen LogP contribution in [-0.2, 0) is 0 Å². The van der Waals surface area contributed by atoms with Crippen LogP contribution in [0.5, 0.6) is 0 Å². The zero-order valence-corrected chi connectivity index (χ0v) is 12.2. The highest BCUT2D eigenvalue weighted by Crippen LogP contribution is 2.28. The first-order chi connectivity index (χ1) is 9.08. The van der Waals surface area contributed by atoms with Gasteiger partial charge in [0.15, 0.2) is 0 Å². The Morgan fingerprint density at radius 2 is 1.84 bits per heavy atom. The zero-order valence-electron chi connectivity index (χ0n) is 10.7. The molecule has 1 aromatic heterocycles. The molecule has 0 bridgehead atoms. The van der Waals surface area contributed by atoms with Gasteiger partial charge < -0.3 is 10.6 Å². The van der Waals surface area contributed by atoms with Crippen molar-refractivity contribution in [2.24, 2.45) is 0 Å². The van der Waals surface area contributed by atoms with Crippen LogP contribution in [0.15, 0.2) is 24.3 Å². The number of aromatic nitrogens is 2. The number of hydrogen-bond donors (Lipinski definition) is 2. The molecule has 0 spiro atoms. The van der Waals surface area contributed by atoms with Crippen LogP contribution >= 0.6 is 23.2 Å². The van der Waals surface area contributed by atoms with Gasteiger partial charge in [0.05, 0.1) is 10.7 Å². The molecule has 0 amide bonds. The molecule has 0 atom stereocenters. The Labute approximate surface area is 122 Å². The van der Waals surface area contributed by atoms with E-state index in [1.807, 2.05) is 26.0 Å². The predicted molar refractivity (Wildman–Crippen MR) is 80.7 cm³/mol. The molecular formula is C13H14Cl2N4. The summed E-state index contributed by atoms with van der Waals surface area (Å²) in [6, 6.07) is 7.11. The van der Waals surface area contributed by atoms with Crippen molar-refractivity contribution in [1.29, 1.82) is 0 Å². The lowest BCUT2D eigenvalue weighted by atomic mass is 10.3. The summed E-state index contributed by atoms with van der Waals surface area (Å²) in [5.74, 6) is 2.15. The van der Waals surface area contributed by atoms with Crippen molar-refractivity contribution in [3.05, 3.63) is 40.1 Å². The van der Waals surface area contributed by atoms with Crippen molar-refractivity contribution in [1.82, 2.24) is 9.97 Å². The summed E-state index contributed by atoms with van der Waals surface area (Å²) in [6.07, 6.45) is 0. The maximum atomic E-state index is 6.11. The fraction of sp³-hybridized carbons (Fsp3) is 0.231. The van der Waals surface area contributed by atoms with Gasteiger partial charge in [0, 0.05) is 17.6 Å². The SMILES string of the molecule is CCNc1cc(Nc2ccc(Cl)cc2Cl)nc(C)n1. The standard InChI is InChI=1S/C13H14Cl2N4/c1-3-16-12-7-13(18-8(2)17-12)19-11-5-4-9(14)6-10(11)15/h4-7H,3H2,1-2H3,(H2,16,17,18,19). The third kappa shape index (κ3) is 3.72. The lowest BCUT2D eigenvalue weighted by Gasteiger charge is -2.10. The van der Waals surface area contributed by atoms with Gasteiger partial charge in [-0.15, -0.1) is 0 Å². The molecule has 2 aromatic rings. The molecule has 0 fully saturated rings. The quantitative estimate of drug-likeness (QED) is 0.885. The van der Waals surface area contributed by atoms with E-state index in [1.54, 1.807) is 12.1 Å². The van der Waals surface area contributed by atoms with Crippen molar-refractivity contribution in [3.8, 4) is 0 Å². The third-order valence-corrected chi connectivity index (χ3v) is 2.94. The van der Waals surface area contributed by atoms with E-state index >= 15 is 0 Å². The summed E-state index contributed by atoms with van der Waals surface area (Å²) in [5.41, 5.74) is 0.756. The van der Waals surface area contributed by atoms with E-state index in [0.29, 0.717) is 21.7 Å². The number of nitrogens with zero attached hydrogens (tertiary/aromatic N) is 2. The summed E-state index contributed by atoms with van der Waals surface area (Å²) < 4.78 is 0. The van der Waals surface area contributed by atoms with Crippen molar-refractivity contribution in [2.75, 3.05) is 17.2 Å². The Hall–Kier alpha value is -1.52. The fourth-order valence-electron chi connectivity index (χ4n) is 1.63. The Balaban J connectivity index is 2.27. The second kappa shape index (κ2) is 6.08. The van der Waals surface area contributed by atoms with Gasteiger partial charge >= 0.3 is 0 Å². The van der Waals surface area contributed by atoms with E-state index in [9.17, 15) is 0 Å². The monoisotopic (exact) mass is 296 g/mol. The highest BCUT2D eigenvalue weighted by Gasteiger charge is 2.05. The molecule has 0 saturated carbocycles. The molecule has 0 saturated heterocycles. The van der Waals surface area contributed by atoms with E-state index in [-0.39, 0.29) is 0 Å². The molecule has 2 N–H and O–H groups in total. The van der Waals surface area contributed by atoms with Gasteiger partial charge in [-0.2, -0.15) is 0 Å². The summed E-state index contributed by atoms with van der Waals surface area (Å²) in [4.78, 5) is 8.61. The van der Waals surface area contributed by atoms with Gasteiger partial charge in [0.25, 0.3) is 0 Å². The number of hydrogen-bond acceptors (Lipinski definition) is 4. The zero-order chi connectivity index (χ0) is 13.8. The first-order valence-corrected chi connectivity index (χ1v) is 6.65. The fourth-order valence-corrected chi connectivity index (χ4v) is 2.09. The summed E-state index contributed by atoms with van der Waals surface area (Å²) in [5, 5.41) is 7.46. The lowest BCUT2D eigenvalue weighted by Crippen LogP contribution is -2.04. The van der Waals surface area contributed by atoms with Crippen LogP contribution in [0, 0.1) is 6.92 Å². The minimum atomic E-state index is 0.550. The molecule has 0 aliphatic rings. The molecule has 0 unspecified atom stereocenters. The first-order valence-electron chi connectivity index (χ1n) is 5.90. The van der Waals surface area contributed by atoms with Gasteiger partial charge in [0.1, 0.15) is 17.5 Å². The van der Waals surface area contributed by atoms with Crippen molar-refractivity contribution in [3.63, 3.8) is 0 Å². The Kier molecular flexibility index (Phi) is 4.45. The van der Waals surface area contributed by atoms with E-state index in [4.69, 9.17) is 23.2 Å². The number of halogens is 2. The van der Waals surface area contributed by atoms with Gasteiger partial charge in [-0.3, -0.25) is 0 Å². The average molecular weight is 297 g/mol. The van der Waals surface area contributed by atoms with E-state index in [1.165, 1.54) is 0 Å². The van der Waals surface area contributed by atoms with E-state index in [0.717, 1.165) is 18.1 Å². The predicted octanol–water partition coefficient (Wildman–Crippen LogP) is 4.27. The molecule has 2 rings (SSSR count). The summed E-state index contributed by atoms with van der Waals surface area (Å²) >= 11 is 12.0. The lowest BCUT2D eigenvalue weighted by molar-refractivity contribution is 1.04. The number of anilines is 3.